The lowest BCUT2D eigenvalue weighted by Crippen LogP contribution is -2.57. The highest BCUT2D eigenvalue weighted by molar-refractivity contribution is 8.06. The van der Waals surface area contributed by atoms with Crippen LogP contribution in [0.15, 0.2) is 82.1 Å². The van der Waals surface area contributed by atoms with Crippen LogP contribution in [0, 0.1) is 0 Å². The van der Waals surface area contributed by atoms with Crippen molar-refractivity contribution in [1.29, 1.82) is 0 Å². The van der Waals surface area contributed by atoms with E-state index in [4.69, 9.17) is 0 Å². The average Bonchev–Trinajstić information content (AvgIpc) is 3.62. The molecule has 4 atom stereocenters. The Hall–Kier alpha value is -3.67. The molecule has 2 fully saturated rings. The molecule has 6 N–H and O–H groups in total. The molecule has 2 aromatic carbocycles. The van der Waals surface area contributed by atoms with Crippen molar-refractivity contribution in [2.45, 2.75) is 89.4 Å². The van der Waals surface area contributed by atoms with Crippen LogP contribution in [0.5, 0.6) is 0 Å². The van der Waals surface area contributed by atoms with Gasteiger partial charge in [0.05, 0.1) is 12.1 Å². The van der Waals surface area contributed by atoms with Crippen LogP contribution < -0.4 is 32.6 Å². The normalized spacial score (nSPS) is 22.5. The Morgan fingerprint density at radius 1 is 0.744 bits per heavy atom. The number of nitrogens with one attached hydrogen (secondary N) is 6. The van der Waals surface area contributed by atoms with Gasteiger partial charge < -0.3 is 10.6 Å². The number of benzene rings is 2. The van der Waals surface area contributed by atoms with Crippen molar-refractivity contribution in [3.05, 3.63) is 93.2 Å². The summed E-state index contributed by atoms with van der Waals surface area (Å²) in [7, 11) is 0. The largest absolute Gasteiger partial charge is 0.348 e. The van der Waals surface area contributed by atoms with Gasteiger partial charge in [-0.1, -0.05) is 73.5 Å². The molecule has 0 aromatic heterocycles. The Kier molecular flexibility index (Phi) is 9.11. The molecule has 0 bridgehead atoms. The maximum atomic E-state index is 13.6. The molecule has 3 heterocycles. The summed E-state index contributed by atoms with van der Waals surface area (Å²) in [6.45, 7) is 4.08. The molecule has 2 amide bonds. The zero-order valence-corrected chi connectivity index (χ0v) is 25.7. The van der Waals surface area contributed by atoms with Crippen LogP contribution in [0.2, 0.25) is 0 Å². The zero-order chi connectivity index (χ0) is 29.8. The predicted molar refractivity (Wildman–Crippen MR) is 169 cm³/mol. The first-order valence-corrected chi connectivity index (χ1v) is 16.3. The van der Waals surface area contributed by atoms with Crippen LogP contribution in [0.25, 0.3) is 0 Å². The monoisotopic (exact) mass is 602 g/mol. The fraction of sp³-hybridized carbons (Fsp3) is 0.438. The van der Waals surface area contributed by atoms with Crippen LogP contribution in [0.1, 0.15) is 63.5 Å². The molecule has 4 aliphatic rings. The minimum Gasteiger partial charge on any atom is -0.348 e. The van der Waals surface area contributed by atoms with E-state index in [1.807, 2.05) is 50.2 Å². The lowest BCUT2D eigenvalue weighted by Gasteiger charge is -2.40. The second-order valence-electron chi connectivity index (χ2n) is 11.9. The van der Waals surface area contributed by atoms with E-state index in [2.05, 4.69) is 66.8 Å². The lowest BCUT2D eigenvalue weighted by molar-refractivity contribution is -0.119. The van der Waals surface area contributed by atoms with Crippen LogP contribution >= 0.6 is 11.8 Å². The number of rotatable bonds is 10. The van der Waals surface area contributed by atoms with Gasteiger partial charge in [0.25, 0.3) is 11.8 Å². The molecule has 0 radical (unpaired) electrons. The third-order valence-corrected chi connectivity index (χ3v) is 9.83. The number of hydrogen-bond acceptors (Lipinski definition) is 9. The first-order valence-electron chi connectivity index (χ1n) is 15.5. The molecule has 0 spiro atoms. The van der Waals surface area contributed by atoms with Gasteiger partial charge in [-0.25, -0.2) is 0 Å². The maximum absolute atomic E-state index is 13.6. The number of amides is 2. The third-order valence-electron chi connectivity index (χ3n) is 8.65. The summed E-state index contributed by atoms with van der Waals surface area (Å²) in [6, 6.07) is 20.9. The van der Waals surface area contributed by atoms with Gasteiger partial charge in [-0.05, 0) is 75.3 Å². The summed E-state index contributed by atoms with van der Waals surface area (Å²) < 4.78 is 0. The number of hydrogen-bond donors (Lipinski definition) is 6. The molecule has 10 nitrogen and oxygen atoms in total. The lowest BCUT2D eigenvalue weighted by atomic mass is 9.89. The van der Waals surface area contributed by atoms with Crippen LogP contribution in [-0.2, 0) is 22.4 Å². The van der Waals surface area contributed by atoms with E-state index in [-0.39, 0.29) is 36.0 Å². The van der Waals surface area contributed by atoms with Gasteiger partial charge in [0, 0.05) is 12.1 Å². The van der Waals surface area contributed by atoms with Crippen LogP contribution in [0.4, 0.5) is 0 Å². The van der Waals surface area contributed by atoms with Crippen molar-refractivity contribution < 1.29 is 9.59 Å². The molecule has 43 heavy (non-hydrogen) atoms. The summed E-state index contributed by atoms with van der Waals surface area (Å²) in [5.41, 5.74) is 16.4. The average molecular weight is 603 g/mol. The molecular formula is C32H42N8O2S. The molecule has 2 unspecified atom stereocenters. The smallest absolute Gasteiger partial charge is 0.271 e. The zero-order valence-electron chi connectivity index (χ0n) is 24.9. The number of thioether (sulfide) groups is 1. The number of hydrazine groups is 4. The van der Waals surface area contributed by atoms with E-state index in [9.17, 15) is 9.59 Å². The van der Waals surface area contributed by atoms with Gasteiger partial charge in [-0.15, -0.1) is 11.1 Å². The quantitative estimate of drug-likeness (QED) is 0.244. The molecule has 1 aliphatic carbocycles. The maximum Gasteiger partial charge on any atom is 0.271 e. The Morgan fingerprint density at radius 2 is 1.16 bits per heavy atom. The summed E-state index contributed by atoms with van der Waals surface area (Å²) >= 11 is 1.45. The van der Waals surface area contributed by atoms with Gasteiger partial charge in [0.2, 0.25) is 0 Å². The summed E-state index contributed by atoms with van der Waals surface area (Å²) in [5, 5.41) is 12.1. The first kappa shape index (κ1) is 29.4. The van der Waals surface area contributed by atoms with Crippen molar-refractivity contribution in [2.24, 2.45) is 0 Å². The molecular weight excluding hydrogens is 560 g/mol. The Morgan fingerprint density at radius 3 is 1.58 bits per heavy atom. The van der Waals surface area contributed by atoms with Crippen molar-refractivity contribution in [3.8, 4) is 0 Å². The molecule has 6 rings (SSSR count). The number of carbonyl (C=O) groups excluding carboxylic acids is 2. The number of nitrogens with zero attached hydrogens (tertiary/aromatic N) is 2. The van der Waals surface area contributed by atoms with Crippen LogP contribution in [-0.4, -0.2) is 46.0 Å². The van der Waals surface area contributed by atoms with E-state index >= 15 is 0 Å². The fourth-order valence-electron chi connectivity index (χ4n) is 6.23. The van der Waals surface area contributed by atoms with Gasteiger partial charge in [-0.2, -0.15) is 0 Å². The molecule has 1 saturated heterocycles. The molecule has 11 heteroatoms. The minimum absolute atomic E-state index is 0.000830. The molecule has 228 valence electrons. The van der Waals surface area contributed by atoms with E-state index in [1.165, 1.54) is 22.9 Å². The van der Waals surface area contributed by atoms with E-state index in [0.717, 1.165) is 61.4 Å². The predicted octanol–water partition coefficient (Wildman–Crippen LogP) is 3.31. The van der Waals surface area contributed by atoms with E-state index in [1.54, 1.807) is 0 Å². The van der Waals surface area contributed by atoms with Crippen molar-refractivity contribution in [2.75, 3.05) is 0 Å². The summed E-state index contributed by atoms with van der Waals surface area (Å²) in [5.74, 6) is -0.308. The minimum atomic E-state index is -0.154. The standard InChI is InChI=1S/C32H42N8O2S/c1-21(17-19-23-11-5-3-6-12-23)33-29(41)27-31-39(37-35-27)25-15-9-10-16-26(25)40-32(43-31)28(36-38-40)30(42)34-22(2)18-20-24-13-7-4-8-14-24/h3-8,11-14,21-22,25-26,35-38H,9-10,15-20H2,1-2H3,(H,33,41)(H,34,42)/t21-,22-,25?,26?/m1/s1. The highest BCUT2D eigenvalue weighted by atomic mass is 32.2. The number of fused-ring (bicyclic) bond motifs is 5. The summed E-state index contributed by atoms with van der Waals surface area (Å²) in [6.07, 6.45) is 7.66. The molecule has 2 aromatic rings. The highest BCUT2D eigenvalue weighted by Crippen LogP contribution is 2.45. The highest BCUT2D eigenvalue weighted by Gasteiger charge is 2.47. The number of aryl methyl sites for hydroxylation is 2. The fourth-order valence-corrected chi connectivity index (χ4v) is 7.47. The Balaban J connectivity index is 1.19. The summed E-state index contributed by atoms with van der Waals surface area (Å²) in [4.78, 5) is 27.2. The SMILES string of the molecule is C[C@H](CCc1ccccc1)NC(=O)C1=C2SC3=C(C(=O)N[C@H](C)CCc4ccccc4)NNN3C3CCCCC3N2NN1. The van der Waals surface area contributed by atoms with E-state index < -0.39 is 0 Å². The van der Waals surface area contributed by atoms with Crippen molar-refractivity contribution in [3.63, 3.8) is 0 Å². The van der Waals surface area contributed by atoms with Gasteiger partial charge in [-0.3, -0.25) is 30.5 Å². The van der Waals surface area contributed by atoms with Crippen molar-refractivity contribution >= 4 is 23.6 Å². The first-order chi connectivity index (χ1) is 21.0. The Bertz CT molecular complexity index is 1260. The second kappa shape index (κ2) is 13.3. The van der Waals surface area contributed by atoms with Crippen molar-refractivity contribution in [1.82, 2.24) is 42.6 Å². The van der Waals surface area contributed by atoms with Gasteiger partial charge in [0.15, 0.2) is 0 Å². The second-order valence-corrected chi connectivity index (χ2v) is 12.9. The Labute approximate surface area is 258 Å². The topological polar surface area (TPSA) is 113 Å². The number of carbonyl (C=O) groups is 2. The van der Waals surface area contributed by atoms with E-state index in [0.29, 0.717) is 11.4 Å². The van der Waals surface area contributed by atoms with Gasteiger partial charge >= 0.3 is 0 Å². The molecule has 1 saturated carbocycles. The third kappa shape index (κ3) is 6.63. The van der Waals surface area contributed by atoms with Gasteiger partial charge in [0.1, 0.15) is 21.5 Å². The molecule has 3 aliphatic heterocycles. The van der Waals surface area contributed by atoms with Crippen LogP contribution in [0.3, 0.4) is 0 Å².